The summed E-state index contributed by atoms with van der Waals surface area (Å²) in [6.07, 6.45) is 3.84. The van der Waals surface area contributed by atoms with Crippen molar-refractivity contribution < 1.29 is 14.3 Å². The van der Waals surface area contributed by atoms with Crippen LogP contribution in [0.2, 0.25) is 0 Å². The fourth-order valence-electron chi connectivity index (χ4n) is 4.48. The van der Waals surface area contributed by atoms with Gasteiger partial charge in [-0.15, -0.1) is 0 Å². The van der Waals surface area contributed by atoms with E-state index in [1.807, 2.05) is 32.9 Å². The van der Waals surface area contributed by atoms with Crippen molar-refractivity contribution in [2.45, 2.75) is 52.2 Å². The summed E-state index contributed by atoms with van der Waals surface area (Å²) in [5.74, 6) is 2.10. The summed E-state index contributed by atoms with van der Waals surface area (Å²) >= 11 is 0. The molecule has 0 unspecified atom stereocenters. The number of aliphatic imine (C=N–C) groups is 1. The topological polar surface area (TPSA) is 105 Å². The second-order valence-corrected chi connectivity index (χ2v) is 9.14. The van der Waals surface area contributed by atoms with Crippen LogP contribution in [0.15, 0.2) is 23.5 Å². The third-order valence-corrected chi connectivity index (χ3v) is 6.30. The predicted molar refractivity (Wildman–Crippen MR) is 129 cm³/mol. The average Bonchev–Trinajstić information content (AvgIpc) is 3.67. The molecule has 10 heteroatoms. The number of nitrogens with zero attached hydrogens (tertiary/aromatic N) is 6. The van der Waals surface area contributed by atoms with Crippen molar-refractivity contribution in [1.29, 1.82) is 0 Å². The quantitative estimate of drug-likeness (QED) is 0.717. The largest absolute Gasteiger partial charge is 0.486 e. The molecule has 3 aliphatic heterocycles. The van der Waals surface area contributed by atoms with Crippen LogP contribution in [0.25, 0.3) is 0 Å². The number of rotatable bonds is 5. The number of nitrogens with one attached hydrogen (secondary N) is 1. The Hall–Kier alpha value is -3.43. The van der Waals surface area contributed by atoms with Crippen molar-refractivity contribution in [1.82, 2.24) is 19.9 Å². The molecule has 1 amide bonds. The molecule has 0 bridgehead atoms. The molecule has 1 N–H and O–H groups in total. The molecule has 5 rings (SSSR count). The molecular weight excluding hydrogens is 434 g/mol. The number of carbonyl (C=O) groups is 1. The Morgan fingerprint density at radius 1 is 1.21 bits per heavy atom. The summed E-state index contributed by atoms with van der Waals surface area (Å²) in [6.45, 7) is 9.28. The van der Waals surface area contributed by atoms with Crippen molar-refractivity contribution in [2.24, 2.45) is 4.99 Å². The summed E-state index contributed by atoms with van der Waals surface area (Å²) in [5.41, 5.74) is 3.73. The highest BCUT2D eigenvalue weighted by Crippen LogP contribution is 2.38. The normalized spacial score (nSPS) is 18.1. The molecule has 0 aromatic carbocycles. The standard InChI is InChI=1S/C24H31N7O3/c1-15(2)34-24(32)30-10-7-17(8-11-30)31-9-4-12-33-21-22(26-14-27-23(21)31)29-18-5-6-19(20-13-25-20)28-16(18)3/h5-6,14-15,17H,4,7-13H2,1-3H3,(H,26,27,29). The van der Waals surface area contributed by atoms with E-state index >= 15 is 0 Å². The number of ether oxygens (including phenoxy) is 2. The van der Waals surface area contributed by atoms with Crippen molar-refractivity contribution >= 4 is 29.1 Å². The van der Waals surface area contributed by atoms with Crippen LogP contribution in [0.3, 0.4) is 0 Å². The van der Waals surface area contributed by atoms with Crippen LogP contribution in [0, 0.1) is 6.92 Å². The maximum atomic E-state index is 12.3. The molecule has 34 heavy (non-hydrogen) atoms. The highest BCUT2D eigenvalue weighted by Gasteiger charge is 2.32. The number of anilines is 3. The number of hydrogen-bond acceptors (Lipinski definition) is 9. The third-order valence-electron chi connectivity index (χ3n) is 6.30. The van der Waals surface area contributed by atoms with Crippen LogP contribution in [-0.4, -0.2) is 76.6 Å². The Bertz CT molecular complexity index is 1100. The number of piperidine rings is 1. The highest BCUT2D eigenvalue weighted by molar-refractivity contribution is 6.09. The van der Waals surface area contributed by atoms with Gasteiger partial charge in [-0.05, 0) is 52.2 Å². The zero-order chi connectivity index (χ0) is 23.7. The van der Waals surface area contributed by atoms with Crippen molar-refractivity contribution in [3.8, 4) is 5.75 Å². The van der Waals surface area contributed by atoms with Gasteiger partial charge in [0.2, 0.25) is 5.75 Å². The van der Waals surface area contributed by atoms with Crippen molar-refractivity contribution in [3.05, 3.63) is 29.8 Å². The predicted octanol–water partition coefficient (Wildman–Crippen LogP) is 3.32. The number of aromatic nitrogens is 3. The van der Waals surface area contributed by atoms with Gasteiger partial charge in [0.25, 0.3) is 0 Å². The van der Waals surface area contributed by atoms with E-state index in [0.29, 0.717) is 31.3 Å². The lowest BCUT2D eigenvalue weighted by Gasteiger charge is -2.38. The Morgan fingerprint density at radius 2 is 2.00 bits per heavy atom. The summed E-state index contributed by atoms with van der Waals surface area (Å²) < 4.78 is 11.5. The summed E-state index contributed by atoms with van der Waals surface area (Å²) in [6, 6.07) is 4.26. The first kappa shape index (κ1) is 22.4. The Balaban J connectivity index is 1.33. The van der Waals surface area contributed by atoms with E-state index in [4.69, 9.17) is 9.47 Å². The second-order valence-electron chi connectivity index (χ2n) is 9.14. The molecule has 2 aromatic heterocycles. The SMILES string of the molecule is Cc1nc(C2=NC2)ccc1Nc1ncnc2c1OCCCN2C1CCN(C(=O)OC(C)C)CC1. The first-order chi connectivity index (χ1) is 16.5. The van der Waals surface area contributed by atoms with Crippen LogP contribution in [-0.2, 0) is 4.74 Å². The van der Waals surface area contributed by atoms with Gasteiger partial charge in [-0.25, -0.2) is 19.7 Å². The van der Waals surface area contributed by atoms with E-state index in [1.54, 1.807) is 11.2 Å². The zero-order valence-corrected chi connectivity index (χ0v) is 20.0. The van der Waals surface area contributed by atoms with Gasteiger partial charge in [-0.3, -0.25) is 4.99 Å². The van der Waals surface area contributed by atoms with Crippen molar-refractivity contribution in [2.75, 3.05) is 43.0 Å². The number of hydrogen-bond donors (Lipinski definition) is 1. The van der Waals surface area contributed by atoms with Gasteiger partial charge in [0, 0.05) is 25.7 Å². The monoisotopic (exact) mass is 465 g/mol. The van der Waals surface area contributed by atoms with Gasteiger partial charge in [0.1, 0.15) is 6.33 Å². The zero-order valence-electron chi connectivity index (χ0n) is 20.0. The fourth-order valence-corrected chi connectivity index (χ4v) is 4.48. The molecule has 0 atom stereocenters. The van der Waals surface area contributed by atoms with Crippen LogP contribution in [0.5, 0.6) is 5.75 Å². The van der Waals surface area contributed by atoms with Gasteiger partial charge >= 0.3 is 6.09 Å². The van der Waals surface area contributed by atoms with Gasteiger partial charge in [-0.1, -0.05) is 0 Å². The number of carbonyl (C=O) groups excluding carboxylic acids is 1. The molecular formula is C24H31N7O3. The van der Waals surface area contributed by atoms with E-state index in [9.17, 15) is 4.79 Å². The minimum absolute atomic E-state index is 0.111. The Morgan fingerprint density at radius 3 is 2.71 bits per heavy atom. The van der Waals surface area contributed by atoms with E-state index in [2.05, 4.69) is 30.2 Å². The summed E-state index contributed by atoms with van der Waals surface area (Å²) in [7, 11) is 0. The van der Waals surface area contributed by atoms with Crippen LogP contribution >= 0.6 is 0 Å². The first-order valence-corrected chi connectivity index (χ1v) is 12.0. The molecule has 3 aliphatic rings. The molecule has 1 saturated heterocycles. The minimum Gasteiger partial charge on any atom is -0.486 e. The molecule has 0 spiro atoms. The smallest absolute Gasteiger partial charge is 0.410 e. The molecule has 1 fully saturated rings. The number of amides is 1. The van der Waals surface area contributed by atoms with Gasteiger partial charge < -0.3 is 24.6 Å². The first-order valence-electron chi connectivity index (χ1n) is 12.0. The third kappa shape index (κ3) is 4.76. The maximum Gasteiger partial charge on any atom is 0.410 e. The van der Waals surface area contributed by atoms with E-state index < -0.39 is 0 Å². The second kappa shape index (κ2) is 9.44. The number of fused-ring (bicyclic) bond motifs is 1. The van der Waals surface area contributed by atoms with Crippen LogP contribution < -0.4 is 15.0 Å². The maximum absolute atomic E-state index is 12.3. The van der Waals surface area contributed by atoms with Crippen LogP contribution in [0.1, 0.15) is 44.5 Å². The highest BCUT2D eigenvalue weighted by atomic mass is 16.6. The van der Waals surface area contributed by atoms with Gasteiger partial charge in [0.05, 0.1) is 42.0 Å². The summed E-state index contributed by atoms with van der Waals surface area (Å²) in [4.78, 5) is 34.4. The Kier molecular flexibility index (Phi) is 6.21. The molecule has 2 aromatic rings. The Labute approximate surface area is 199 Å². The van der Waals surface area contributed by atoms with Crippen molar-refractivity contribution in [3.63, 3.8) is 0 Å². The number of pyridine rings is 1. The lowest BCUT2D eigenvalue weighted by atomic mass is 10.0. The fraction of sp³-hybridized carbons (Fsp3) is 0.542. The van der Waals surface area contributed by atoms with Gasteiger partial charge in [-0.2, -0.15) is 0 Å². The van der Waals surface area contributed by atoms with Gasteiger partial charge in [0.15, 0.2) is 11.6 Å². The molecule has 5 heterocycles. The number of likely N-dealkylation sites (tertiary alicyclic amines) is 1. The van der Waals surface area contributed by atoms with E-state index in [0.717, 1.165) is 61.0 Å². The summed E-state index contributed by atoms with van der Waals surface area (Å²) in [5, 5.41) is 3.40. The molecule has 0 saturated carbocycles. The average molecular weight is 466 g/mol. The van der Waals surface area contributed by atoms with Crippen LogP contribution in [0.4, 0.5) is 22.1 Å². The number of aryl methyl sites for hydroxylation is 1. The van der Waals surface area contributed by atoms with E-state index in [-0.39, 0.29) is 18.2 Å². The lowest BCUT2D eigenvalue weighted by Crippen LogP contribution is -2.47. The lowest BCUT2D eigenvalue weighted by molar-refractivity contribution is 0.0690. The van der Waals surface area contributed by atoms with E-state index in [1.165, 1.54) is 0 Å². The molecule has 0 radical (unpaired) electrons. The minimum atomic E-state index is -0.231. The molecule has 0 aliphatic carbocycles. The molecule has 10 nitrogen and oxygen atoms in total. The molecule has 180 valence electrons.